The molecule has 0 unspecified atom stereocenters. The predicted octanol–water partition coefficient (Wildman–Crippen LogP) is 1.01. The number of hydrogen-bond acceptors (Lipinski definition) is 4. The Balaban J connectivity index is 2.77. The molecule has 0 saturated heterocycles. The number of pyridine rings is 1. The highest BCUT2D eigenvalue weighted by molar-refractivity contribution is 7.89. The number of nitrogens with zero attached hydrogens (tertiary/aromatic N) is 1. The minimum absolute atomic E-state index is 0.0315. The number of Topliss-reactive ketones (excluding diaryl/α,β-unsaturated/α-hetero) is 1. The van der Waals surface area contributed by atoms with Crippen LogP contribution < -0.4 is 5.14 Å². The zero-order valence-corrected chi connectivity index (χ0v) is 10.6. The van der Waals surface area contributed by atoms with E-state index in [1.807, 2.05) is 0 Å². The first-order valence-corrected chi connectivity index (χ1v) is 6.83. The highest BCUT2D eigenvalue weighted by Gasteiger charge is 2.14. The third kappa shape index (κ3) is 2.39. The van der Waals surface area contributed by atoms with Crippen LogP contribution in [-0.2, 0) is 21.2 Å². The van der Waals surface area contributed by atoms with Gasteiger partial charge in [0.15, 0.2) is 0 Å². The van der Waals surface area contributed by atoms with Crippen LogP contribution in [0.5, 0.6) is 0 Å². The molecule has 0 aliphatic carbocycles. The first kappa shape index (κ1) is 12.7. The van der Waals surface area contributed by atoms with Crippen LogP contribution in [0.4, 0.5) is 0 Å². The number of sulfonamides is 1. The largest absolute Gasteiger partial charge is 0.300 e. The lowest BCUT2D eigenvalue weighted by Gasteiger charge is -2.07. The molecule has 2 rings (SSSR count). The fourth-order valence-electron chi connectivity index (χ4n) is 1.86. The molecule has 1 aromatic carbocycles. The van der Waals surface area contributed by atoms with Crippen LogP contribution in [0, 0.1) is 0 Å². The molecule has 2 aromatic rings. The number of aromatic nitrogens is 1. The Morgan fingerprint density at radius 3 is 2.61 bits per heavy atom. The van der Waals surface area contributed by atoms with Gasteiger partial charge in [0.1, 0.15) is 5.78 Å². The molecular formula is C12H12N2O3S. The lowest BCUT2D eigenvalue weighted by molar-refractivity contribution is -0.116. The Hall–Kier alpha value is -1.79. The molecule has 2 N–H and O–H groups in total. The fourth-order valence-corrected chi connectivity index (χ4v) is 2.62. The van der Waals surface area contributed by atoms with E-state index in [4.69, 9.17) is 5.14 Å². The van der Waals surface area contributed by atoms with Crippen LogP contribution in [0.15, 0.2) is 35.4 Å². The Morgan fingerprint density at radius 2 is 2.00 bits per heavy atom. The van der Waals surface area contributed by atoms with E-state index >= 15 is 0 Å². The average Bonchev–Trinajstić information content (AvgIpc) is 2.26. The van der Waals surface area contributed by atoms with Gasteiger partial charge in [-0.05, 0) is 19.1 Å². The van der Waals surface area contributed by atoms with Gasteiger partial charge in [-0.1, -0.05) is 12.1 Å². The number of carbonyl (C=O) groups is 1. The van der Waals surface area contributed by atoms with Crippen molar-refractivity contribution in [1.29, 1.82) is 0 Å². The second-order valence-corrected chi connectivity index (χ2v) is 5.56. The first-order chi connectivity index (χ1) is 8.39. The standard InChI is InChI=1S/C12H12N2O3S/c1-8(15)7-11-9-3-2-4-12(18(13,16)17)10(9)5-6-14-11/h2-6H,7H2,1H3,(H2,13,16,17). The van der Waals surface area contributed by atoms with Crippen molar-refractivity contribution in [2.75, 3.05) is 0 Å². The Labute approximate surface area is 105 Å². The molecule has 5 nitrogen and oxygen atoms in total. The molecule has 0 atom stereocenters. The molecule has 0 amide bonds. The minimum Gasteiger partial charge on any atom is -0.300 e. The molecule has 0 radical (unpaired) electrons. The van der Waals surface area contributed by atoms with E-state index < -0.39 is 10.0 Å². The Kier molecular flexibility index (Phi) is 3.14. The predicted molar refractivity (Wildman–Crippen MR) is 67.5 cm³/mol. The van der Waals surface area contributed by atoms with Gasteiger partial charge < -0.3 is 0 Å². The van der Waals surface area contributed by atoms with E-state index in [1.54, 1.807) is 18.2 Å². The molecule has 1 aromatic heterocycles. The highest BCUT2D eigenvalue weighted by Crippen LogP contribution is 2.24. The third-order valence-corrected chi connectivity index (χ3v) is 3.54. The van der Waals surface area contributed by atoms with Crippen molar-refractivity contribution in [3.63, 3.8) is 0 Å². The summed E-state index contributed by atoms with van der Waals surface area (Å²) >= 11 is 0. The molecule has 0 fully saturated rings. The molecule has 94 valence electrons. The maximum absolute atomic E-state index is 11.5. The number of rotatable bonds is 3. The van der Waals surface area contributed by atoms with Gasteiger partial charge in [0.2, 0.25) is 10.0 Å². The summed E-state index contributed by atoms with van der Waals surface area (Å²) in [5, 5.41) is 6.29. The van der Waals surface area contributed by atoms with Crippen LogP contribution in [0.1, 0.15) is 12.6 Å². The number of fused-ring (bicyclic) bond motifs is 1. The lowest BCUT2D eigenvalue weighted by Crippen LogP contribution is -2.13. The maximum atomic E-state index is 11.5. The second kappa shape index (κ2) is 4.47. The smallest absolute Gasteiger partial charge is 0.238 e. The first-order valence-electron chi connectivity index (χ1n) is 5.28. The molecule has 1 heterocycles. The highest BCUT2D eigenvalue weighted by atomic mass is 32.2. The van der Waals surface area contributed by atoms with Crippen LogP contribution in [0.2, 0.25) is 0 Å². The molecule has 0 aliphatic rings. The summed E-state index contributed by atoms with van der Waals surface area (Å²) in [6.45, 7) is 1.46. The van der Waals surface area contributed by atoms with Crippen molar-refractivity contribution in [3.05, 3.63) is 36.2 Å². The van der Waals surface area contributed by atoms with Crippen molar-refractivity contribution in [2.24, 2.45) is 5.14 Å². The van der Waals surface area contributed by atoms with Gasteiger partial charge in [-0.2, -0.15) is 0 Å². The summed E-state index contributed by atoms with van der Waals surface area (Å²) in [6, 6.07) is 6.34. The van der Waals surface area contributed by atoms with E-state index in [-0.39, 0.29) is 17.1 Å². The monoisotopic (exact) mass is 264 g/mol. The molecule has 0 bridgehead atoms. The summed E-state index contributed by atoms with van der Waals surface area (Å²) in [6.07, 6.45) is 1.65. The topological polar surface area (TPSA) is 90.1 Å². The summed E-state index contributed by atoms with van der Waals surface area (Å²) in [5.74, 6) is -0.0315. The number of hydrogen-bond donors (Lipinski definition) is 1. The number of nitrogens with two attached hydrogens (primary N) is 1. The van der Waals surface area contributed by atoms with E-state index in [0.29, 0.717) is 16.5 Å². The van der Waals surface area contributed by atoms with Gasteiger partial charge >= 0.3 is 0 Å². The second-order valence-electron chi connectivity index (χ2n) is 4.03. The van der Waals surface area contributed by atoms with Gasteiger partial charge in [-0.25, -0.2) is 13.6 Å². The van der Waals surface area contributed by atoms with Crippen molar-refractivity contribution in [2.45, 2.75) is 18.2 Å². The number of benzene rings is 1. The molecule has 6 heteroatoms. The molecular weight excluding hydrogens is 252 g/mol. The Bertz CT molecular complexity index is 723. The van der Waals surface area contributed by atoms with Gasteiger partial charge in [-0.3, -0.25) is 9.78 Å². The van der Waals surface area contributed by atoms with Crippen molar-refractivity contribution < 1.29 is 13.2 Å². The van der Waals surface area contributed by atoms with E-state index in [0.717, 1.165) is 0 Å². The van der Waals surface area contributed by atoms with Gasteiger partial charge in [0, 0.05) is 23.4 Å². The van der Waals surface area contributed by atoms with Gasteiger partial charge in [-0.15, -0.1) is 0 Å². The molecule has 18 heavy (non-hydrogen) atoms. The van der Waals surface area contributed by atoms with E-state index in [9.17, 15) is 13.2 Å². The molecule has 0 spiro atoms. The molecule has 0 saturated carbocycles. The van der Waals surface area contributed by atoms with Crippen LogP contribution in [0.3, 0.4) is 0 Å². The van der Waals surface area contributed by atoms with Crippen molar-refractivity contribution >= 4 is 26.6 Å². The summed E-state index contributed by atoms with van der Waals surface area (Å²) in [4.78, 5) is 15.3. The zero-order valence-electron chi connectivity index (χ0n) is 9.75. The average molecular weight is 264 g/mol. The normalized spacial score (nSPS) is 11.7. The summed E-state index contributed by atoms with van der Waals surface area (Å²) in [5.41, 5.74) is 0.561. The number of carbonyl (C=O) groups excluding carboxylic acids is 1. The van der Waals surface area contributed by atoms with Crippen LogP contribution in [0.25, 0.3) is 10.8 Å². The van der Waals surface area contributed by atoms with E-state index in [2.05, 4.69) is 4.98 Å². The van der Waals surface area contributed by atoms with Crippen LogP contribution >= 0.6 is 0 Å². The van der Waals surface area contributed by atoms with Crippen molar-refractivity contribution in [1.82, 2.24) is 4.98 Å². The maximum Gasteiger partial charge on any atom is 0.238 e. The van der Waals surface area contributed by atoms with Crippen LogP contribution in [-0.4, -0.2) is 19.2 Å². The summed E-state index contributed by atoms with van der Waals surface area (Å²) < 4.78 is 22.9. The van der Waals surface area contributed by atoms with Crippen molar-refractivity contribution in [3.8, 4) is 0 Å². The Morgan fingerprint density at radius 1 is 1.28 bits per heavy atom. The number of ketones is 1. The summed E-state index contributed by atoms with van der Waals surface area (Å²) in [7, 11) is -3.79. The zero-order chi connectivity index (χ0) is 13.3. The van der Waals surface area contributed by atoms with Gasteiger partial charge in [0.25, 0.3) is 0 Å². The quantitative estimate of drug-likeness (QED) is 0.895. The SMILES string of the molecule is CC(=O)Cc1nccc2c(S(N)(=O)=O)cccc12. The molecule has 0 aliphatic heterocycles. The third-order valence-electron chi connectivity index (χ3n) is 2.57. The van der Waals surface area contributed by atoms with E-state index in [1.165, 1.54) is 19.2 Å². The fraction of sp³-hybridized carbons (Fsp3) is 0.167. The lowest BCUT2D eigenvalue weighted by atomic mass is 10.1. The minimum atomic E-state index is -3.79. The number of primary sulfonamides is 1. The van der Waals surface area contributed by atoms with Gasteiger partial charge in [0.05, 0.1) is 10.6 Å².